The van der Waals surface area contributed by atoms with Crippen LogP contribution in [0.4, 0.5) is 0 Å². The van der Waals surface area contributed by atoms with E-state index in [9.17, 15) is 4.79 Å². The van der Waals surface area contributed by atoms with Gasteiger partial charge in [0.2, 0.25) is 0 Å². The lowest BCUT2D eigenvalue weighted by atomic mass is 10.2. The van der Waals surface area contributed by atoms with Gasteiger partial charge in [-0.25, -0.2) is 0 Å². The van der Waals surface area contributed by atoms with Gasteiger partial charge >= 0.3 is 0 Å². The Morgan fingerprint density at radius 2 is 1.90 bits per heavy atom. The monoisotopic (exact) mass is 411 g/mol. The van der Waals surface area contributed by atoms with Crippen LogP contribution in [0.3, 0.4) is 0 Å². The minimum absolute atomic E-state index is 0.0252. The van der Waals surface area contributed by atoms with E-state index in [4.69, 9.17) is 4.74 Å². The van der Waals surface area contributed by atoms with Crippen molar-refractivity contribution in [3.8, 4) is 5.75 Å². The molecule has 0 saturated heterocycles. The number of hydrogen-bond acceptors (Lipinski definition) is 2. The molecule has 0 N–H and O–H groups in total. The van der Waals surface area contributed by atoms with Crippen molar-refractivity contribution in [2.24, 2.45) is 0 Å². The van der Waals surface area contributed by atoms with Gasteiger partial charge in [-0.1, -0.05) is 56.1 Å². The van der Waals surface area contributed by atoms with Crippen LogP contribution in [-0.4, -0.2) is 24.5 Å². The molecular weight excluding hydrogens is 398 g/mol. The van der Waals surface area contributed by atoms with Crippen molar-refractivity contribution < 1.29 is 9.53 Å². The molecule has 0 bridgehead atoms. The summed E-state index contributed by atoms with van der Waals surface area (Å²) in [5, 5.41) is 0. The Hall–Kier alpha value is -1.33. The Balaban J connectivity index is 1.90. The van der Waals surface area contributed by atoms with Crippen LogP contribution in [0.15, 0.2) is 57.5 Å². The van der Waals surface area contributed by atoms with Crippen LogP contribution in [0.2, 0.25) is 0 Å². The number of halogens is 2. The molecule has 0 fully saturated rings. The molecule has 0 atom stereocenters. The van der Waals surface area contributed by atoms with Crippen molar-refractivity contribution in [3.05, 3.63) is 63.0 Å². The maximum absolute atomic E-state index is 12.1. The van der Waals surface area contributed by atoms with Gasteiger partial charge in [0, 0.05) is 22.5 Å². The molecule has 110 valence electrons. The standard InChI is InChI=1S/C16H15Br2NO2/c1-19(10-12-5-2-3-8-15(12)18)16(20)11-21-14-7-4-6-13(17)9-14/h2-9H,10-11H2,1H3. The lowest BCUT2D eigenvalue weighted by Gasteiger charge is -2.18. The third kappa shape index (κ3) is 4.86. The maximum Gasteiger partial charge on any atom is 0.260 e. The largest absolute Gasteiger partial charge is 0.484 e. The SMILES string of the molecule is CN(Cc1ccccc1Br)C(=O)COc1cccc(Br)c1. The minimum atomic E-state index is -0.0641. The van der Waals surface area contributed by atoms with Gasteiger partial charge in [0.15, 0.2) is 6.61 Å². The second kappa shape index (κ2) is 7.61. The van der Waals surface area contributed by atoms with Gasteiger partial charge in [0.1, 0.15) is 5.75 Å². The second-order valence-corrected chi connectivity index (χ2v) is 6.36. The van der Waals surface area contributed by atoms with Gasteiger partial charge < -0.3 is 9.64 Å². The van der Waals surface area contributed by atoms with E-state index in [1.165, 1.54) is 0 Å². The average Bonchev–Trinajstić information content (AvgIpc) is 2.47. The smallest absolute Gasteiger partial charge is 0.260 e. The molecule has 0 saturated carbocycles. The molecule has 0 heterocycles. The molecule has 0 aromatic heterocycles. The van der Waals surface area contributed by atoms with E-state index in [2.05, 4.69) is 31.9 Å². The molecule has 2 rings (SSSR count). The van der Waals surface area contributed by atoms with E-state index >= 15 is 0 Å². The molecule has 2 aromatic rings. The van der Waals surface area contributed by atoms with E-state index in [1.807, 2.05) is 48.5 Å². The second-order valence-electron chi connectivity index (χ2n) is 4.59. The zero-order valence-electron chi connectivity index (χ0n) is 11.6. The van der Waals surface area contributed by atoms with E-state index < -0.39 is 0 Å². The molecule has 0 aliphatic carbocycles. The summed E-state index contributed by atoms with van der Waals surface area (Å²) >= 11 is 6.85. The third-order valence-corrected chi connectivity index (χ3v) is 4.22. The number of ether oxygens (including phenoxy) is 1. The zero-order valence-corrected chi connectivity index (χ0v) is 14.7. The van der Waals surface area contributed by atoms with E-state index in [0.29, 0.717) is 12.3 Å². The highest BCUT2D eigenvalue weighted by Crippen LogP contribution is 2.19. The average molecular weight is 413 g/mol. The quantitative estimate of drug-likeness (QED) is 0.734. The predicted octanol–water partition coefficient (Wildman–Crippen LogP) is 4.25. The normalized spacial score (nSPS) is 10.2. The minimum Gasteiger partial charge on any atom is -0.484 e. The van der Waals surface area contributed by atoms with Crippen molar-refractivity contribution in [1.82, 2.24) is 4.90 Å². The van der Waals surface area contributed by atoms with Crippen LogP contribution < -0.4 is 4.74 Å². The lowest BCUT2D eigenvalue weighted by Crippen LogP contribution is -2.31. The summed E-state index contributed by atoms with van der Waals surface area (Å²) in [5.41, 5.74) is 1.07. The van der Waals surface area contributed by atoms with Crippen molar-refractivity contribution in [1.29, 1.82) is 0 Å². The first-order valence-electron chi connectivity index (χ1n) is 6.42. The molecular formula is C16H15Br2NO2. The molecule has 0 aliphatic heterocycles. The maximum atomic E-state index is 12.1. The highest BCUT2D eigenvalue weighted by atomic mass is 79.9. The van der Waals surface area contributed by atoms with E-state index in [1.54, 1.807) is 11.9 Å². The molecule has 1 amide bonds. The molecule has 5 heteroatoms. The van der Waals surface area contributed by atoms with Crippen LogP contribution in [0, 0.1) is 0 Å². The highest BCUT2D eigenvalue weighted by Gasteiger charge is 2.11. The Bertz CT molecular complexity index is 631. The van der Waals surface area contributed by atoms with Crippen LogP contribution in [0.1, 0.15) is 5.56 Å². The number of nitrogens with zero attached hydrogens (tertiary/aromatic N) is 1. The number of likely N-dealkylation sites (N-methyl/N-ethyl adjacent to an activating group) is 1. The summed E-state index contributed by atoms with van der Waals surface area (Å²) in [4.78, 5) is 13.7. The Morgan fingerprint density at radius 1 is 1.14 bits per heavy atom. The van der Waals surface area contributed by atoms with Crippen molar-refractivity contribution >= 4 is 37.8 Å². The van der Waals surface area contributed by atoms with Gasteiger partial charge in [-0.3, -0.25) is 4.79 Å². The summed E-state index contributed by atoms with van der Waals surface area (Å²) in [6, 6.07) is 15.3. The molecule has 21 heavy (non-hydrogen) atoms. The molecule has 0 unspecified atom stereocenters. The fourth-order valence-electron chi connectivity index (χ4n) is 1.78. The van der Waals surface area contributed by atoms with E-state index in [0.717, 1.165) is 14.5 Å². The number of hydrogen-bond donors (Lipinski definition) is 0. The number of rotatable bonds is 5. The summed E-state index contributed by atoms with van der Waals surface area (Å²) in [6.07, 6.45) is 0. The van der Waals surface area contributed by atoms with Gasteiger partial charge in [-0.2, -0.15) is 0 Å². The highest BCUT2D eigenvalue weighted by molar-refractivity contribution is 9.10. The fourth-order valence-corrected chi connectivity index (χ4v) is 2.57. The molecule has 3 nitrogen and oxygen atoms in total. The van der Waals surface area contributed by atoms with Crippen LogP contribution in [-0.2, 0) is 11.3 Å². The zero-order chi connectivity index (χ0) is 15.2. The van der Waals surface area contributed by atoms with Crippen LogP contribution in [0.25, 0.3) is 0 Å². The summed E-state index contributed by atoms with van der Waals surface area (Å²) in [5.74, 6) is 0.609. The van der Waals surface area contributed by atoms with Gasteiger partial charge in [-0.15, -0.1) is 0 Å². The van der Waals surface area contributed by atoms with Gasteiger partial charge in [-0.05, 0) is 29.8 Å². The van der Waals surface area contributed by atoms with Crippen molar-refractivity contribution in [2.75, 3.05) is 13.7 Å². The molecule has 0 aliphatic rings. The third-order valence-electron chi connectivity index (χ3n) is 2.95. The number of carbonyl (C=O) groups is 1. The molecule has 0 radical (unpaired) electrons. The first-order chi connectivity index (χ1) is 10.1. The number of amides is 1. The number of carbonyl (C=O) groups excluding carboxylic acids is 1. The van der Waals surface area contributed by atoms with E-state index in [-0.39, 0.29) is 12.5 Å². The number of benzene rings is 2. The molecule has 0 spiro atoms. The van der Waals surface area contributed by atoms with Crippen molar-refractivity contribution in [3.63, 3.8) is 0 Å². The Labute approximate surface area is 141 Å². The fraction of sp³-hybridized carbons (Fsp3) is 0.188. The lowest BCUT2D eigenvalue weighted by molar-refractivity contribution is -0.132. The summed E-state index contributed by atoms with van der Waals surface area (Å²) in [6.45, 7) is 0.569. The topological polar surface area (TPSA) is 29.5 Å². The van der Waals surface area contributed by atoms with Gasteiger partial charge in [0.25, 0.3) is 5.91 Å². The van der Waals surface area contributed by atoms with Gasteiger partial charge in [0.05, 0.1) is 0 Å². The van der Waals surface area contributed by atoms with Crippen molar-refractivity contribution in [2.45, 2.75) is 6.54 Å². The van der Waals surface area contributed by atoms with Crippen LogP contribution in [0.5, 0.6) is 5.75 Å². The Morgan fingerprint density at radius 3 is 2.62 bits per heavy atom. The first kappa shape index (κ1) is 16.0. The summed E-state index contributed by atoms with van der Waals surface area (Å²) in [7, 11) is 1.77. The summed E-state index contributed by atoms with van der Waals surface area (Å²) < 4.78 is 7.43. The Kier molecular flexibility index (Phi) is 5.82. The predicted molar refractivity (Wildman–Crippen MR) is 90.3 cm³/mol. The first-order valence-corrected chi connectivity index (χ1v) is 8.00. The molecule has 2 aromatic carbocycles. The van der Waals surface area contributed by atoms with Crippen LogP contribution >= 0.6 is 31.9 Å².